The fraction of sp³-hybridized carbons (Fsp3) is 0.292. The van der Waals surface area contributed by atoms with Gasteiger partial charge in [-0.1, -0.05) is 6.92 Å². The third kappa shape index (κ3) is 6.90. The molecule has 3 rings (SSSR count). The first-order chi connectivity index (χ1) is 15.5. The minimum Gasteiger partial charge on any atom is -0.494 e. The molecule has 32 heavy (non-hydrogen) atoms. The fourth-order valence-electron chi connectivity index (χ4n) is 3.12. The Morgan fingerprint density at radius 3 is 2.25 bits per heavy atom. The lowest BCUT2D eigenvalue weighted by Gasteiger charge is -2.18. The van der Waals surface area contributed by atoms with Crippen LogP contribution in [0.5, 0.6) is 5.75 Å². The summed E-state index contributed by atoms with van der Waals surface area (Å²) in [4.78, 5) is 30.4. The van der Waals surface area contributed by atoms with Crippen LogP contribution in [0.1, 0.15) is 26.5 Å². The van der Waals surface area contributed by atoms with Crippen molar-refractivity contribution in [2.24, 2.45) is 0 Å². The third-order valence-electron chi connectivity index (χ3n) is 4.65. The van der Waals surface area contributed by atoms with E-state index >= 15 is 0 Å². The molecule has 0 radical (unpaired) electrons. The van der Waals surface area contributed by atoms with Gasteiger partial charge in [0.1, 0.15) is 10.8 Å². The smallest absolute Gasteiger partial charge is 0.238 e. The van der Waals surface area contributed by atoms with Crippen LogP contribution in [0, 0.1) is 0 Å². The third-order valence-corrected chi connectivity index (χ3v) is 5.59. The topological polar surface area (TPSA) is 83.6 Å². The van der Waals surface area contributed by atoms with Crippen molar-refractivity contribution in [1.29, 1.82) is 0 Å². The minimum absolute atomic E-state index is 0.0962. The van der Waals surface area contributed by atoms with Gasteiger partial charge in [0.25, 0.3) is 0 Å². The number of carbonyl (C=O) groups is 2. The molecule has 2 amide bonds. The second-order valence-corrected chi connectivity index (χ2v) is 8.07. The summed E-state index contributed by atoms with van der Waals surface area (Å²) in [7, 11) is 0. The Labute approximate surface area is 192 Å². The zero-order valence-corrected chi connectivity index (χ0v) is 19.4. The molecular weight excluding hydrogens is 424 g/mol. The first-order valence-electron chi connectivity index (χ1n) is 10.5. The molecule has 0 spiro atoms. The molecule has 0 aliphatic carbocycles. The lowest BCUT2D eigenvalue weighted by molar-refractivity contribution is -0.117. The van der Waals surface area contributed by atoms with E-state index in [0.29, 0.717) is 24.5 Å². The molecule has 0 bridgehead atoms. The van der Waals surface area contributed by atoms with E-state index in [1.807, 2.05) is 48.4 Å². The summed E-state index contributed by atoms with van der Waals surface area (Å²) in [5.74, 6) is 0.621. The van der Waals surface area contributed by atoms with Gasteiger partial charge in [-0.15, -0.1) is 11.3 Å². The van der Waals surface area contributed by atoms with Crippen molar-refractivity contribution in [3.63, 3.8) is 0 Å². The average molecular weight is 453 g/mol. The van der Waals surface area contributed by atoms with E-state index in [4.69, 9.17) is 9.72 Å². The Hall–Kier alpha value is -3.23. The molecule has 1 heterocycles. The van der Waals surface area contributed by atoms with Crippen molar-refractivity contribution < 1.29 is 14.3 Å². The normalized spacial score (nSPS) is 10.8. The van der Waals surface area contributed by atoms with Gasteiger partial charge in [0, 0.05) is 35.8 Å². The van der Waals surface area contributed by atoms with Crippen LogP contribution in [-0.4, -0.2) is 41.4 Å². The van der Waals surface area contributed by atoms with E-state index in [-0.39, 0.29) is 18.4 Å². The van der Waals surface area contributed by atoms with Crippen LogP contribution in [0.25, 0.3) is 10.6 Å². The number of rotatable bonds is 10. The van der Waals surface area contributed by atoms with Crippen LogP contribution in [0.2, 0.25) is 0 Å². The Kier molecular flexibility index (Phi) is 8.35. The zero-order valence-electron chi connectivity index (χ0n) is 18.6. The number of hydrogen-bond acceptors (Lipinski definition) is 6. The molecule has 2 aromatic carbocycles. The van der Waals surface area contributed by atoms with Crippen LogP contribution in [0.15, 0.2) is 53.9 Å². The summed E-state index contributed by atoms with van der Waals surface area (Å²) in [6.45, 7) is 7.67. The van der Waals surface area contributed by atoms with Crippen LogP contribution in [0.4, 0.5) is 11.4 Å². The minimum atomic E-state index is -0.131. The Morgan fingerprint density at radius 2 is 1.66 bits per heavy atom. The average Bonchev–Trinajstić information content (AvgIpc) is 3.23. The second-order valence-electron chi connectivity index (χ2n) is 7.21. The molecule has 0 aliphatic heterocycles. The van der Waals surface area contributed by atoms with Gasteiger partial charge in [-0.3, -0.25) is 14.5 Å². The van der Waals surface area contributed by atoms with Crippen molar-refractivity contribution in [3.05, 3.63) is 59.6 Å². The number of nitrogens with one attached hydrogen (secondary N) is 2. The summed E-state index contributed by atoms with van der Waals surface area (Å²) in [6, 6.07) is 15.0. The molecule has 0 saturated carbocycles. The molecule has 8 heteroatoms. The number of benzene rings is 2. The van der Waals surface area contributed by atoms with Gasteiger partial charge in [-0.25, -0.2) is 4.98 Å². The van der Waals surface area contributed by atoms with Crippen molar-refractivity contribution in [2.75, 3.05) is 30.3 Å². The number of thiazole rings is 1. The first kappa shape index (κ1) is 23.4. The maximum Gasteiger partial charge on any atom is 0.238 e. The number of carbonyl (C=O) groups excluding carboxylic acids is 2. The summed E-state index contributed by atoms with van der Waals surface area (Å²) in [5.41, 5.74) is 3.37. The molecule has 1 aromatic heterocycles. The molecule has 0 saturated heterocycles. The Bertz CT molecular complexity index is 1030. The molecule has 0 atom stereocenters. The monoisotopic (exact) mass is 452 g/mol. The van der Waals surface area contributed by atoms with Gasteiger partial charge in [-0.05, 0) is 62.0 Å². The van der Waals surface area contributed by atoms with Crippen LogP contribution < -0.4 is 15.4 Å². The Balaban J connectivity index is 1.55. The zero-order chi connectivity index (χ0) is 22.9. The van der Waals surface area contributed by atoms with Gasteiger partial charge in [-0.2, -0.15) is 0 Å². The quantitative estimate of drug-likeness (QED) is 0.469. The van der Waals surface area contributed by atoms with Crippen LogP contribution >= 0.6 is 11.3 Å². The highest BCUT2D eigenvalue weighted by molar-refractivity contribution is 7.13. The van der Waals surface area contributed by atoms with E-state index in [2.05, 4.69) is 10.6 Å². The van der Waals surface area contributed by atoms with Crippen LogP contribution in [0.3, 0.4) is 0 Å². The fourth-order valence-corrected chi connectivity index (χ4v) is 3.94. The van der Waals surface area contributed by atoms with Gasteiger partial charge < -0.3 is 15.4 Å². The molecular formula is C24H28N4O3S. The number of hydrogen-bond donors (Lipinski definition) is 2. The standard InChI is InChI=1S/C24H28N4O3S/c1-4-28(15-23(30)26-20-10-8-19(9-11-20)25-17(3)29)14-21-16-32-24(27-21)18-6-12-22(13-7-18)31-5-2/h6-13,16H,4-5,14-15H2,1-3H3,(H,25,29)(H,26,30). The maximum atomic E-state index is 12.5. The van der Waals surface area contributed by atoms with Crippen molar-refractivity contribution >= 4 is 34.5 Å². The number of nitrogens with zero attached hydrogens (tertiary/aromatic N) is 2. The predicted octanol–water partition coefficient (Wildman–Crippen LogP) is 4.63. The predicted molar refractivity (Wildman–Crippen MR) is 129 cm³/mol. The number of ether oxygens (including phenoxy) is 1. The SMILES string of the molecule is CCOc1ccc(-c2nc(CN(CC)CC(=O)Nc3ccc(NC(C)=O)cc3)cs2)cc1. The molecule has 0 aliphatic rings. The van der Waals surface area contributed by atoms with Crippen LogP contribution in [-0.2, 0) is 16.1 Å². The summed E-state index contributed by atoms with van der Waals surface area (Å²) >= 11 is 1.59. The molecule has 0 unspecified atom stereocenters. The van der Waals surface area contributed by atoms with Crippen molar-refractivity contribution in [1.82, 2.24) is 9.88 Å². The van der Waals surface area contributed by atoms with E-state index in [1.54, 1.807) is 35.6 Å². The van der Waals surface area contributed by atoms with Crippen molar-refractivity contribution in [2.45, 2.75) is 27.3 Å². The first-order valence-corrected chi connectivity index (χ1v) is 11.4. The molecule has 3 aromatic rings. The molecule has 2 N–H and O–H groups in total. The molecule has 0 fully saturated rings. The molecule has 168 valence electrons. The number of aromatic nitrogens is 1. The van der Waals surface area contributed by atoms with E-state index in [0.717, 1.165) is 28.6 Å². The largest absolute Gasteiger partial charge is 0.494 e. The highest BCUT2D eigenvalue weighted by Gasteiger charge is 2.13. The van der Waals surface area contributed by atoms with Gasteiger partial charge in [0.05, 0.1) is 18.8 Å². The van der Waals surface area contributed by atoms with E-state index < -0.39 is 0 Å². The summed E-state index contributed by atoms with van der Waals surface area (Å²) in [6.07, 6.45) is 0. The number of anilines is 2. The maximum absolute atomic E-state index is 12.5. The highest BCUT2D eigenvalue weighted by atomic mass is 32.1. The Morgan fingerprint density at radius 1 is 1.00 bits per heavy atom. The van der Waals surface area contributed by atoms with Gasteiger partial charge >= 0.3 is 0 Å². The van der Waals surface area contributed by atoms with Gasteiger partial charge in [0.2, 0.25) is 11.8 Å². The summed E-state index contributed by atoms with van der Waals surface area (Å²) in [5, 5.41) is 8.58. The van der Waals surface area contributed by atoms with Gasteiger partial charge in [0.15, 0.2) is 0 Å². The summed E-state index contributed by atoms with van der Waals surface area (Å²) < 4.78 is 5.49. The highest BCUT2D eigenvalue weighted by Crippen LogP contribution is 2.26. The lowest BCUT2D eigenvalue weighted by atomic mass is 10.2. The molecule has 7 nitrogen and oxygen atoms in total. The second kappa shape index (κ2) is 11.4. The van der Waals surface area contributed by atoms with E-state index in [1.165, 1.54) is 6.92 Å². The van der Waals surface area contributed by atoms with E-state index in [9.17, 15) is 9.59 Å². The number of likely N-dealkylation sites (N-methyl/N-ethyl adjacent to an activating group) is 1. The number of amides is 2. The van der Waals surface area contributed by atoms with Crippen molar-refractivity contribution in [3.8, 4) is 16.3 Å². The lowest BCUT2D eigenvalue weighted by Crippen LogP contribution is -2.32.